The molecule has 0 radical (unpaired) electrons. The highest BCUT2D eigenvalue weighted by Crippen LogP contribution is 2.69. The van der Waals surface area contributed by atoms with Gasteiger partial charge in [0.2, 0.25) is 0 Å². The molecule has 5 aliphatic carbocycles. The van der Waals surface area contributed by atoms with Crippen LogP contribution in [0, 0.1) is 40.9 Å². The Morgan fingerprint density at radius 2 is 1.68 bits per heavy atom. The molecule has 40 heavy (non-hydrogen) atoms. The minimum atomic E-state index is -1.82. The van der Waals surface area contributed by atoms with Gasteiger partial charge in [0.15, 0.2) is 12.1 Å². The van der Waals surface area contributed by atoms with Crippen LogP contribution in [0.3, 0.4) is 0 Å². The van der Waals surface area contributed by atoms with E-state index in [0.29, 0.717) is 50.6 Å². The lowest BCUT2D eigenvalue weighted by Crippen LogP contribution is -2.69. The molecule has 0 bridgehead atoms. The lowest BCUT2D eigenvalue weighted by molar-refractivity contribution is -0.241. The number of ether oxygens (including phenoxy) is 3. The van der Waals surface area contributed by atoms with Crippen molar-refractivity contribution >= 4 is 24.0 Å². The molecule has 222 valence electrons. The molecule has 3 N–H and O–H groups in total. The zero-order valence-electron chi connectivity index (χ0n) is 23.9. The number of Topliss-reactive ketones (excluding diaryl/α,β-unsaturated/α-hetero) is 1. The van der Waals surface area contributed by atoms with E-state index in [4.69, 9.17) is 14.2 Å². The van der Waals surface area contributed by atoms with Gasteiger partial charge in [-0.25, -0.2) is 0 Å². The molecule has 4 fully saturated rings. The van der Waals surface area contributed by atoms with Crippen molar-refractivity contribution in [3.05, 3.63) is 11.8 Å². The van der Waals surface area contributed by atoms with Gasteiger partial charge in [-0.05, 0) is 64.4 Å². The third-order valence-electron chi connectivity index (χ3n) is 11.6. The fraction of sp³-hybridized carbons (Fsp3) is 0.800. The second-order valence-corrected chi connectivity index (χ2v) is 13.2. The molecule has 0 aliphatic heterocycles. The maximum Gasteiger partial charge on any atom is 0.303 e. The van der Waals surface area contributed by atoms with Gasteiger partial charge in [0.05, 0.1) is 24.5 Å². The first-order valence-electron chi connectivity index (χ1n) is 14.4. The van der Waals surface area contributed by atoms with Gasteiger partial charge in [0.25, 0.3) is 0 Å². The second kappa shape index (κ2) is 9.63. The van der Waals surface area contributed by atoms with Crippen LogP contribution in [0.2, 0.25) is 0 Å². The summed E-state index contributed by atoms with van der Waals surface area (Å²) in [4.78, 5) is 51.1. The smallest absolute Gasteiger partial charge is 0.303 e. The lowest BCUT2D eigenvalue weighted by atomic mass is 9.48. The molecule has 0 heterocycles. The molecule has 0 aromatic heterocycles. The molecule has 11 unspecified atom stereocenters. The SMILES string of the molecule is COC1=CCC2C(CC3C4C(O)C(=O)C5CC[C@H](O)CC5(OC(C)=O)C4CCC32OC(C)=O)C1(C)C(C)(O)C=O. The fourth-order valence-electron chi connectivity index (χ4n) is 9.97. The molecule has 4 saturated carbocycles. The second-order valence-electron chi connectivity index (χ2n) is 13.2. The van der Waals surface area contributed by atoms with Gasteiger partial charge in [-0.1, -0.05) is 0 Å². The molecule has 0 spiro atoms. The first kappa shape index (κ1) is 29.2. The first-order valence-corrected chi connectivity index (χ1v) is 14.4. The standard InChI is InChI=1S/C30H42O10/c1-15(32)39-29-11-10-19-24(26(36)25(35)20-7-6-17(34)13-30(19,20)40-16(2)33)22(29)12-21-18(29)8-9-23(38-5)28(21,4)27(3,37)14-31/h9,14,17-22,24,26,34,36-37H,6-8,10-13H2,1-5H3/t17-,18?,19?,20?,21?,22?,24?,26?,27?,28?,29?,30?/m0/s1. The highest BCUT2D eigenvalue weighted by atomic mass is 16.6. The number of allylic oxidation sites excluding steroid dienone is 1. The summed E-state index contributed by atoms with van der Waals surface area (Å²) in [5.74, 6) is -4.14. The zero-order chi connectivity index (χ0) is 29.4. The molecule has 10 heteroatoms. The van der Waals surface area contributed by atoms with Crippen LogP contribution in [0.4, 0.5) is 0 Å². The van der Waals surface area contributed by atoms with E-state index in [9.17, 15) is 34.5 Å². The molecule has 10 nitrogen and oxygen atoms in total. The average molecular weight is 563 g/mol. The van der Waals surface area contributed by atoms with E-state index in [2.05, 4.69) is 0 Å². The Labute approximate surface area is 234 Å². The molecule has 0 amide bonds. The normalized spacial score (nSPS) is 47.3. The van der Waals surface area contributed by atoms with Gasteiger partial charge in [0, 0.05) is 43.9 Å². The minimum Gasteiger partial charge on any atom is -0.501 e. The predicted octanol–water partition coefficient (Wildman–Crippen LogP) is 1.86. The lowest BCUT2D eigenvalue weighted by Gasteiger charge is -2.61. The monoisotopic (exact) mass is 562 g/mol. The summed E-state index contributed by atoms with van der Waals surface area (Å²) in [5.41, 5.74) is -5.34. The van der Waals surface area contributed by atoms with Crippen LogP contribution in [0.15, 0.2) is 11.8 Å². The molecule has 5 aliphatic rings. The Bertz CT molecular complexity index is 1130. The van der Waals surface area contributed by atoms with E-state index < -0.39 is 81.7 Å². The summed E-state index contributed by atoms with van der Waals surface area (Å²) in [5, 5.41) is 33.8. The van der Waals surface area contributed by atoms with Gasteiger partial charge < -0.3 is 34.3 Å². The van der Waals surface area contributed by atoms with Gasteiger partial charge in [-0.15, -0.1) is 0 Å². The van der Waals surface area contributed by atoms with E-state index in [0.717, 1.165) is 0 Å². The Morgan fingerprint density at radius 1 is 1.02 bits per heavy atom. The molecular weight excluding hydrogens is 520 g/mol. The van der Waals surface area contributed by atoms with E-state index in [1.54, 1.807) is 6.92 Å². The van der Waals surface area contributed by atoms with E-state index in [1.807, 2.05) is 6.08 Å². The number of aliphatic hydroxyl groups excluding tert-OH is 2. The van der Waals surface area contributed by atoms with Crippen LogP contribution in [-0.4, -0.2) is 75.4 Å². The Morgan fingerprint density at radius 3 is 2.27 bits per heavy atom. The van der Waals surface area contributed by atoms with E-state index in [-0.39, 0.29) is 12.3 Å². The third-order valence-corrected chi connectivity index (χ3v) is 11.6. The number of fused-ring (bicyclic) bond motifs is 7. The first-order chi connectivity index (χ1) is 18.7. The van der Waals surface area contributed by atoms with Crippen molar-refractivity contribution < 1.29 is 48.7 Å². The number of carbonyl (C=O) groups excluding carboxylic acids is 4. The van der Waals surface area contributed by atoms with E-state index >= 15 is 0 Å². The van der Waals surface area contributed by atoms with Crippen LogP contribution >= 0.6 is 0 Å². The number of methoxy groups -OCH3 is 1. The summed E-state index contributed by atoms with van der Waals surface area (Å²) in [6.07, 6.45) is 2.59. The largest absolute Gasteiger partial charge is 0.501 e. The Hall–Kier alpha value is -2.30. The van der Waals surface area contributed by atoms with Crippen molar-refractivity contribution in [1.82, 2.24) is 0 Å². The summed E-state index contributed by atoms with van der Waals surface area (Å²) in [6.45, 7) is 5.85. The van der Waals surface area contributed by atoms with Gasteiger partial charge in [-0.2, -0.15) is 0 Å². The Balaban J connectivity index is 1.67. The number of hydrogen-bond acceptors (Lipinski definition) is 10. The van der Waals surface area contributed by atoms with Crippen molar-refractivity contribution in [3.8, 4) is 0 Å². The molecule has 0 aromatic carbocycles. The quantitative estimate of drug-likeness (QED) is 0.334. The molecule has 0 aromatic rings. The maximum absolute atomic E-state index is 13.8. The van der Waals surface area contributed by atoms with Crippen LogP contribution < -0.4 is 0 Å². The van der Waals surface area contributed by atoms with Crippen LogP contribution in [0.1, 0.15) is 72.6 Å². The van der Waals surface area contributed by atoms with E-state index in [1.165, 1.54) is 27.9 Å². The van der Waals surface area contributed by atoms with Crippen molar-refractivity contribution in [2.24, 2.45) is 40.9 Å². The number of aliphatic hydroxyl groups is 3. The summed E-state index contributed by atoms with van der Waals surface area (Å²) < 4.78 is 17.9. The van der Waals surface area contributed by atoms with Crippen LogP contribution in [0.25, 0.3) is 0 Å². The predicted molar refractivity (Wildman–Crippen MR) is 139 cm³/mol. The van der Waals surface area contributed by atoms with Crippen molar-refractivity contribution in [3.63, 3.8) is 0 Å². The number of ketones is 1. The maximum atomic E-state index is 13.8. The zero-order valence-corrected chi connectivity index (χ0v) is 23.9. The number of carbonyl (C=O) groups is 4. The number of esters is 2. The fourth-order valence-corrected chi connectivity index (χ4v) is 9.97. The van der Waals surface area contributed by atoms with Crippen LogP contribution in [0.5, 0.6) is 0 Å². The Kier molecular flexibility index (Phi) is 7.03. The van der Waals surface area contributed by atoms with Crippen LogP contribution in [-0.2, 0) is 33.4 Å². The molecule has 0 saturated heterocycles. The van der Waals surface area contributed by atoms with Gasteiger partial charge >= 0.3 is 11.9 Å². The van der Waals surface area contributed by atoms with Gasteiger partial charge in [0.1, 0.15) is 28.7 Å². The van der Waals surface area contributed by atoms with Crippen molar-refractivity contribution in [2.45, 2.75) is 102 Å². The summed E-state index contributed by atoms with van der Waals surface area (Å²) >= 11 is 0. The van der Waals surface area contributed by atoms with Crippen molar-refractivity contribution in [1.29, 1.82) is 0 Å². The number of rotatable bonds is 5. The third kappa shape index (κ3) is 3.78. The minimum absolute atomic E-state index is 0.101. The highest BCUT2D eigenvalue weighted by molar-refractivity contribution is 5.88. The molecule has 12 atom stereocenters. The molecule has 5 rings (SSSR count). The van der Waals surface area contributed by atoms with Crippen molar-refractivity contribution in [2.75, 3.05) is 7.11 Å². The topological polar surface area (TPSA) is 157 Å². The number of aldehydes is 1. The summed E-state index contributed by atoms with van der Waals surface area (Å²) in [7, 11) is 1.49. The molecular formula is C30H42O10. The van der Waals surface area contributed by atoms with Gasteiger partial charge in [-0.3, -0.25) is 14.4 Å². The highest BCUT2D eigenvalue weighted by Gasteiger charge is 2.74. The summed E-state index contributed by atoms with van der Waals surface area (Å²) in [6, 6.07) is 0. The average Bonchev–Trinajstić information content (AvgIpc) is 3.21. The number of hydrogen-bond donors (Lipinski definition) is 3.